The highest BCUT2D eigenvalue weighted by Gasteiger charge is 2.23. The van der Waals surface area contributed by atoms with E-state index in [0.29, 0.717) is 26.2 Å². The van der Waals surface area contributed by atoms with Gasteiger partial charge in [-0.15, -0.1) is 0 Å². The molecule has 1 heterocycles. The van der Waals surface area contributed by atoms with E-state index < -0.39 is 0 Å². The predicted molar refractivity (Wildman–Crippen MR) is 99.3 cm³/mol. The van der Waals surface area contributed by atoms with E-state index in [-0.39, 0.29) is 17.8 Å². The highest BCUT2D eigenvalue weighted by atomic mass is 127. The smallest absolute Gasteiger partial charge is 0.238 e. The molecule has 1 amide bonds. The molecule has 1 saturated heterocycles. The second-order valence-electron chi connectivity index (χ2n) is 5.67. The third-order valence-electron chi connectivity index (χ3n) is 3.91. The van der Waals surface area contributed by atoms with Crippen molar-refractivity contribution in [2.75, 3.05) is 31.6 Å². The van der Waals surface area contributed by atoms with Crippen LogP contribution in [0.1, 0.15) is 11.7 Å². The minimum absolute atomic E-state index is 0.0427. The number of ether oxygens (including phenoxy) is 1. The second kappa shape index (κ2) is 8.04. The third-order valence-corrected chi connectivity index (χ3v) is 4.85. The molecule has 4 nitrogen and oxygen atoms in total. The topological polar surface area (TPSA) is 41.6 Å². The van der Waals surface area contributed by atoms with Crippen molar-refractivity contribution in [1.82, 2.24) is 4.90 Å². The first kappa shape index (κ1) is 17.3. The molecule has 0 bridgehead atoms. The van der Waals surface area contributed by atoms with Crippen LogP contribution in [0.2, 0.25) is 0 Å². The van der Waals surface area contributed by atoms with Crippen molar-refractivity contribution in [2.45, 2.75) is 6.10 Å². The average Bonchev–Trinajstić information content (AvgIpc) is 2.58. The number of halogens is 2. The second-order valence-corrected chi connectivity index (χ2v) is 6.84. The van der Waals surface area contributed by atoms with Gasteiger partial charge in [0, 0.05) is 16.7 Å². The van der Waals surface area contributed by atoms with Crippen LogP contribution in [0.25, 0.3) is 0 Å². The molecule has 1 N–H and O–H groups in total. The van der Waals surface area contributed by atoms with E-state index in [4.69, 9.17) is 4.74 Å². The van der Waals surface area contributed by atoms with E-state index in [1.807, 2.05) is 24.3 Å². The van der Waals surface area contributed by atoms with Gasteiger partial charge in [0.15, 0.2) is 0 Å². The van der Waals surface area contributed by atoms with Gasteiger partial charge in [-0.1, -0.05) is 24.3 Å². The summed E-state index contributed by atoms with van der Waals surface area (Å²) in [6.45, 7) is 2.19. The molecule has 1 aliphatic heterocycles. The molecule has 0 radical (unpaired) electrons. The van der Waals surface area contributed by atoms with Gasteiger partial charge >= 0.3 is 0 Å². The first-order valence-corrected chi connectivity index (χ1v) is 8.83. The van der Waals surface area contributed by atoms with Crippen LogP contribution in [0.15, 0.2) is 48.5 Å². The minimum Gasteiger partial charge on any atom is -0.371 e. The number of carbonyl (C=O) groups is 1. The Kier molecular flexibility index (Phi) is 5.80. The molecular weight excluding hydrogens is 422 g/mol. The maximum atomic E-state index is 13.0. The molecule has 0 saturated carbocycles. The molecule has 0 spiro atoms. The number of para-hydroxylation sites is 1. The lowest BCUT2D eigenvalue weighted by molar-refractivity contribution is -0.119. The summed E-state index contributed by atoms with van der Waals surface area (Å²) < 4.78 is 19.8. The number of hydrogen-bond donors (Lipinski definition) is 1. The van der Waals surface area contributed by atoms with Crippen LogP contribution in [0.5, 0.6) is 0 Å². The van der Waals surface area contributed by atoms with Crippen molar-refractivity contribution in [1.29, 1.82) is 0 Å². The van der Waals surface area contributed by atoms with E-state index in [9.17, 15) is 9.18 Å². The molecule has 1 fully saturated rings. The maximum absolute atomic E-state index is 13.0. The summed E-state index contributed by atoms with van der Waals surface area (Å²) in [5, 5.41) is 2.94. The Labute approximate surface area is 154 Å². The van der Waals surface area contributed by atoms with Crippen LogP contribution >= 0.6 is 22.6 Å². The predicted octanol–water partition coefficient (Wildman–Crippen LogP) is 3.44. The monoisotopic (exact) mass is 440 g/mol. The Hall–Kier alpha value is -1.51. The summed E-state index contributed by atoms with van der Waals surface area (Å²) in [6.07, 6.45) is -0.135. The van der Waals surface area contributed by atoms with Gasteiger partial charge in [0.2, 0.25) is 5.91 Å². The fourth-order valence-corrected chi connectivity index (χ4v) is 3.20. The van der Waals surface area contributed by atoms with Gasteiger partial charge in [-0.05, 0) is 52.4 Å². The molecule has 0 aromatic heterocycles. The van der Waals surface area contributed by atoms with Crippen LogP contribution < -0.4 is 5.32 Å². The number of benzene rings is 2. The van der Waals surface area contributed by atoms with Crippen LogP contribution in [0.4, 0.5) is 10.1 Å². The standard InChI is InChI=1S/C18H18FIN2O2/c19-14-7-5-13(6-8-14)17-11-22(9-10-24-17)12-18(23)21-16-4-2-1-3-15(16)20/h1-8,17H,9-12H2,(H,21,23). The molecule has 24 heavy (non-hydrogen) atoms. The number of amides is 1. The molecule has 1 aliphatic rings. The van der Waals surface area contributed by atoms with Crippen molar-refractivity contribution in [2.24, 2.45) is 0 Å². The number of anilines is 1. The number of nitrogens with one attached hydrogen (secondary N) is 1. The normalized spacial score (nSPS) is 18.3. The highest BCUT2D eigenvalue weighted by molar-refractivity contribution is 14.1. The van der Waals surface area contributed by atoms with E-state index in [1.54, 1.807) is 12.1 Å². The molecule has 1 atom stereocenters. The lowest BCUT2D eigenvalue weighted by Crippen LogP contribution is -2.42. The summed E-state index contributed by atoms with van der Waals surface area (Å²) in [5.74, 6) is -0.304. The Morgan fingerprint density at radius 1 is 1.25 bits per heavy atom. The van der Waals surface area contributed by atoms with E-state index in [2.05, 4.69) is 32.8 Å². The molecule has 2 aromatic carbocycles. The fourth-order valence-electron chi connectivity index (χ4n) is 2.68. The van der Waals surface area contributed by atoms with Crippen molar-refractivity contribution >= 4 is 34.2 Å². The molecule has 6 heteroatoms. The Morgan fingerprint density at radius 2 is 2.00 bits per heavy atom. The van der Waals surface area contributed by atoms with E-state index in [0.717, 1.165) is 14.8 Å². The summed E-state index contributed by atoms with van der Waals surface area (Å²) >= 11 is 2.20. The van der Waals surface area contributed by atoms with Gasteiger partial charge in [-0.2, -0.15) is 0 Å². The van der Waals surface area contributed by atoms with Gasteiger partial charge in [-0.25, -0.2) is 4.39 Å². The van der Waals surface area contributed by atoms with Gasteiger partial charge in [0.05, 0.1) is 24.9 Å². The first-order valence-electron chi connectivity index (χ1n) is 7.75. The van der Waals surface area contributed by atoms with Crippen molar-refractivity contribution in [3.05, 3.63) is 63.5 Å². The summed E-state index contributed by atoms with van der Waals surface area (Å²) in [5.41, 5.74) is 1.76. The lowest BCUT2D eigenvalue weighted by atomic mass is 10.1. The zero-order valence-electron chi connectivity index (χ0n) is 13.0. The first-order chi connectivity index (χ1) is 11.6. The Bertz CT molecular complexity index is 708. The average molecular weight is 440 g/mol. The van der Waals surface area contributed by atoms with Crippen LogP contribution in [-0.4, -0.2) is 37.0 Å². The lowest BCUT2D eigenvalue weighted by Gasteiger charge is -2.32. The summed E-state index contributed by atoms with van der Waals surface area (Å²) in [4.78, 5) is 14.3. The highest BCUT2D eigenvalue weighted by Crippen LogP contribution is 2.22. The van der Waals surface area contributed by atoms with Gasteiger partial charge in [-0.3, -0.25) is 9.69 Å². The summed E-state index contributed by atoms with van der Waals surface area (Å²) in [6, 6.07) is 14.0. The Morgan fingerprint density at radius 3 is 2.75 bits per heavy atom. The molecule has 2 aromatic rings. The van der Waals surface area contributed by atoms with E-state index in [1.165, 1.54) is 12.1 Å². The maximum Gasteiger partial charge on any atom is 0.238 e. The molecule has 1 unspecified atom stereocenters. The SMILES string of the molecule is O=C(CN1CCOC(c2ccc(F)cc2)C1)Nc1ccccc1I. The number of morpholine rings is 1. The minimum atomic E-state index is -0.261. The number of rotatable bonds is 4. The number of hydrogen-bond acceptors (Lipinski definition) is 3. The van der Waals surface area contributed by atoms with Gasteiger partial charge in [0.1, 0.15) is 5.82 Å². The molecular formula is C18H18FIN2O2. The molecule has 126 valence electrons. The van der Waals surface area contributed by atoms with E-state index >= 15 is 0 Å². The quantitative estimate of drug-likeness (QED) is 0.741. The van der Waals surface area contributed by atoms with Crippen molar-refractivity contribution < 1.29 is 13.9 Å². The molecule has 0 aliphatic carbocycles. The Balaban J connectivity index is 1.58. The molecule has 3 rings (SSSR count). The summed E-state index contributed by atoms with van der Waals surface area (Å²) in [7, 11) is 0. The largest absolute Gasteiger partial charge is 0.371 e. The van der Waals surface area contributed by atoms with Gasteiger partial charge in [0.25, 0.3) is 0 Å². The number of carbonyl (C=O) groups excluding carboxylic acids is 1. The van der Waals surface area contributed by atoms with Crippen LogP contribution in [0.3, 0.4) is 0 Å². The van der Waals surface area contributed by atoms with Crippen LogP contribution in [-0.2, 0) is 9.53 Å². The fraction of sp³-hybridized carbons (Fsp3) is 0.278. The zero-order chi connectivity index (χ0) is 16.9. The number of nitrogens with zero attached hydrogens (tertiary/aromatic N) is 1. The van der Waals surface area contributed by atoms with Gasteiger partial charge < -0.3 is 10.1 Å². The van der Waals surface area contributed by atoms with Crippen molar-refractivity contribution in [3.63, 3.8) is 0 Å². The van der Waals surface area contributed by atoms with Crippen LogP contribution in [0, 0.1) is 9.39 Å². The third kappa shape index (κ3) is 4.52. The van der Waals surface area contributed by atoms with Crippen molar-refractivity contribution in [3.8, 4) is 0 Å². The zero-order valence-corrected chi connectivity index (χ0v) is 15.2.